The molecule has 0 amide bonds. The summed E-state index contributed by atoms with van der Waals surface area (Å²) in [6.45, 7) is 8.05. The molecule has 1 N–H and O–H groups in total. The Hall–Kier alpha value is -3.29. The highest BCUT2D eigenvalue weighted by molar-refractivity contribution is 7.93. The minimum absolute atomic E-state index is 0.000151. The van der Waals surface area contributed by atoms with Gasteiger partial charge in [-0.1, -0.05) is 6.07 Å². The summed E-state index contributed by atoms with van der Waals surface area (Å²) < 4.78 is 54.7. The summed E-state index contributed by atoms with van der Waals surface area (Å²) >= 11 is 0. The van der Waals surface area contributed by atoms with Crippen LogP contribution in [0.25, 0.3) is 5.69 Å². The Kier molecular flexibility index (Phi) is 8.48. The summed E-state index contributed by atoms with van der Waals surface area (Å²) in [6.07, 6.45) is 2.71. The van der Waals surface area contributed by atoms with Crippen LogP contribution in [0.4, 0.5) is 5.95 Å². The lowest BCUT2D eigenvalue weighted by molar-refractivity contribution is 0.00394. The molecule has 3 atom stereocenters. The van der Waals surface area contributed by atoms with Gasteiger partial charge in [0.25, 0.3) is 0 Å². The van der Waals surface area contributed by atoms with Gasteiger partial charge in [0.15, 0.2) is 0 Å². The lowest BCUT2D eigenvalue weighted by Gasteiger charge is -2.26. The topological polar surface area (TPSA) is 140 Å². The second kappa shape index (κ2) is 11.6. The maximum atomic E-state index is 13.8. The molecule has 1 saturated heterocycles. The van der Waals surface area contributed by atoms with Crippen LogP contribution >= 0.6 is 0 Å². The number of methoxy groups -OCH3 is 2. The molecular formula is C25H34N6O6S. The largest absolute Gasteiger partial charge is 0.494 e. The summed E-state index contributed by atoms with van der Waals surface area (Å²) in [6, 6.07) is 5.30. The Morgan fingerprint density at radius 3 is 2.34 bits per heavy atom. The Bertz CT molecular complexity index is 1320. The molecule has 1 fully saturated rings. The van der Waals surface area contributed by atoms with Crippen LogP contribution in [0.5, 0.6) is 11.5 Å². The third-order valence-corrected chi connectivity index (χ3v) is 7.96. The Labute approximate surface area is 222 Å². The molecule has 206 valence electrons. The van der Waals surface area contributed by atoms with Crippen molar-refractivity contribution in [2.45, 2.75) is 57.5 Å². The monoisotopic (exact) mass is 546 g/mol. The summed E-state index contributed by atoms with van der Waals surface area (Å²) in [5.74, 6) is 1.38. The van der Waals surface area contributed by atoms with E-state index in [1.54, 1.807) is 35.9 Å². The third kappa shape index (κ3) is 5.74. The molecule has 38 heavy (non-hydrogen) atoms. The predicted octanol–water partition coefficient (Wildman–Crippen LogP) is 3.18. The number of para-hydroxylation sites is 1. The highest BCUT2D eigenvalue weighted by Gasteiger charge is 2.36. The minimum Gasteiger partial charge on any atom is -0.494 e. The molecule has 3 aromatic rings. The molecule has 1 aliphatic heterocycles. The summed E-state index contributed by atoms with van der Waals surface area (Å²) in [4.78, 5) is 8.65. The standard InChI is InChI=1S/C25H34N6O6S/c1-15(2)37-23(19-13-26-16(3)12-27-19)17(4)38(32,33)30-25-29-28-24(18-10-11-36-14-18)31(25)22-20(34-5)8-7-9-21(22)35-6/h7-9,12-13,15,17-18,23H,10-11,14H2,1-6H3,(H,29,30)/t17-,18-,23+/m0/s1. The average Bonchev–Trinajstić information content (AvgIpc) is 3.56. The first kappa shape index (κ1) is 27.7. The fraction of sp³-hybridized carbons (Fsp3) is 0.520. The quantitative estimate of drug-likeness (QED) is 0.381. The van der Waals surface area contributed by atoms with E-state index in [0.717, 1.165) is 6.42 Å². The average molecular weight is 547 g/mol. The zero-order valence-corrected chi connectivity index (χ0v) is 23.2. The van der Waals surface area contributed by atoms with Gasteiger partial charge in [-0.15, -0.1) is 10.2 Å². The Morgan fingerprint density at radius 1 is 1.08 bits per heavy atom. The van der Waals surface area contributed by atoms with Crippen LogP contribution in [-0.2, 0) is 19.5 Å². The van der Waals surface area contributed by atoms with Crippen molar-refractivity contribution in [3.8, 4) is 17.2 Å². The van der Waals surface area contributed by atoms with E-state index in [1.807, 2.05) is 20.8 Å². The molecule has 0 unspecified atom stereocenters. The molecule has 4 rings (SSSR count). The van der Waals surface area contributed by atoms with E-state index in [9.17, 15) is 8.42 Å². The zero-order chi connectivity index (χ0) is 27.4. The van der Waals surface area contributed by atoms with Crippen LogP contribution in [-0.4, -0.2) is 71.9 Å². The van der Waals surface area contributed by atoms with Crippen molar-refractivity contribution in [3.05, 3.63) is 47.8 Å². The third-order valence-electron chi connectivity index (χ3n) is 6.27. The van der Waals surface area contributed by atoms with Gasteiger partial charge in [0, 0.05) is 18.7 Å². The van der Waals surface area contributed by atoms with Crippen molar-refractivity contribution < 1.29 is 27.4 Å². The molecule has 3 heterocycles. The first-order valence-electron chi connectivity index (χ1n) is 12.4. The Morgan fingerprint density at radius 2 is 1.79 bits per heavy atom. The fourth-order valence-electron chi connectivity index (χ4n) is 4.28. The molecule has 0 aliphatic carbocycles. The molecule has 0 spiro atoms. The predicted molar refractivity (Wildman–Crippen MR) is 140 cm³/mol. The van der Waals surface area contributed by atoms with E-state index in [0.29, 0.717) is 47.6 Å². The van der Waals surface area contributed by atoms with Crippen molar-refractivity contribution in [1.29, 1.82) is 0 Å². The minimum atomic E-state index is -4.08. The van der Waals surface area contributed by atoms with Gasteiger partial charge < -0.3 is 18.9 Å². The van der Waals surface area contributed by atoms with Gasteiger partial charge in [0.1, 0.15) is 34.4 Å². The number of benzene rings is 1. The lowest BCUT2D eigenvalue weighted by Crippen LogP contribution is -2.34. The normalized spacial score (nSPS) is 17.4. The highest BCUT2D eigenvalue weighted by atomic mass is 32.2. The number of hydrogen-bond acceptors (Lipinski definition) is 10. The van der Waals surface area contributed by atoms with Gasteiger partial charge >= 0.3 is 0 Å². The number of rotatable bonds is 11. The molecular weight excluding hydrogens is 512 g/mol. The maximum Gasteiger partial charge on any atom is 0.243 e. The molecule has 0 bridgehead atoms. The van der Waals surface area contributed by atoms with E-state index < -0.39 is 21.4 Å². The van der Waals surface area contributed by atoms with E-state index in [2.05, 4.69) is 24.9 Å². The van der Waals surface area contributed by atoms with E-state index >= 15 is 0 Å². The van der Waals surface area contributed by atoms with Gasteiger partial charge in [-0.2, -0.15) is 0 Å². The smallest absolute Gasteiger partial charge is 0.243 e. The first-order chi connectivity index (χ1) is 18.2. The molecule has 1 aromatic carbocycles. The van der Waals surface area contributed by atoms with Crippen LogP contribution < -0.4 is 14.2 Å². The fourth-order valence-corrected chi connectivity index (χ4v) is 5.39. The summed E-state index contributed by atoms with van der Waals surface area (Å²) in [7, 11) is -1.01. The molecule has 1 aliphatic rings. The SMILES string of the molecule is COc1cccc(OC)c1-n1c(NS(=O)(=O)[C@@H](C)[C@@H](OC(C)C)c2cnc(C)cn2)nnc1[C@H]1CCOC1. The number of nitrogens with one attached hydrogen (secondary N) is 1. The molecule has 0 saturated carbocycles. The number of sulfonamides is 1. The van der Waals surface area contributed by atoms with Crippen molar-refractivity contribution in [2.24, 2.45) is 0 Å². The van der Waals surface area contributed by atoms with Gasteiger partial charge in [0.05, 0.1) is 44.5 Å². The number of anilines is 1. The first-order valence-corrected chi connectivity index (χ1v) is 13.9. The molecule has 0 radical (unpaired) electrons. The summed E-state index contributed by atoms with van der Waals surface area (Å²) in [5, 5.41) is 7.57. The number of aryl methyl sites for hydroxylation is 1. The van der Waals surface area contributed by atoms with E-state index in [1.165, 1.54) is 20.4 Å². The number of hydrogen-bond donors (Lipinski definition) is 1. The second-order valence-electron chi connectivity index (χ2n) is 9.33. The van der Waals surface area contributed by atoms with Crippen molar-refractivity contribution >= 4 is 16.0 Å². The molecule has 2 aromatic heterocycles. The summed E-state index contributed by atoms with van der Waals surface area (Å²) in [5.41, 5.74) is 1.61. The number of aromatic nitrogens is 5. The Balaban J connectivity index is 1.78. The van der Waals surface area contributed by atoms with Gasteiger partial charge in [-0.25, -0.2) is 8.42 Å². The van der Waals surface area contributed by atoms with Crippen LogP contribution in [0, 0.1) is 6.92 Å². The van der Waals surface area contributed by atoms with Crippen molar-refractivity contribution in [2.75, 3.05) is 32.2 Å². The number of ether oxygens (including phenoxy) is 4. The lowest BCUT2D eigenvalue weighted by atomic mass is 10.1. The van der Waals surface area contributed by atoms with Crippen LogP contribution in [0.2, 0.25) is 0 Å². The van der Waals surface area contributed by atoms with Crippen LogP contribution in [0.15, 0.2) is 30.6 Å². The second-order valence-corrected chi connectivity index (χ2v) is 11.4. The van der Waals surface area contributed by atoms with Gasteiger partial charge in [-0.3, -0.25) is 19.3 Å². The number of nitrogens with zero attached hydrogens (tertiary/aromatic N) is 5. The zero-order valence-electron chi connectivity index (χ0n) is 22.4. The maximum absolute atomic E-state index is 13.8. The molecule has 12 nitrogen and oxygen atoms in total. The van der Waals surface area contributed by atoms with Crippen LogP contribution in [0.1, 0.15) is 56.4 Å². The van der Waals surface area contributed by atoms with Crippen LogP contribution in [0.3, 0.4) is 0 Å². The van der Waals surface area contributed by atoms with Gasteiger partial charge in [0.2, 0.25) is 16.0 Å². The van der Waals surface area contributed by atoms with Crippen molar-refractivity contribution in [3.63, 3.8) is 0 Å². The van der Waals surface area contributed by atoms with E-state index in [4.69, 9.17) is 18.9 Å². The molecule has 13 heteroatoms. The van der Waals surface area contributed by atoms with Gasteiger partial charge in [-0.05, 0) is 46.2 Å². The highest BCUT2D eigenvalue weighted by Crippen LogP contribution is 2.38. The van der Waals surface area contributed by atoms with Crippen molar-refractivity contribution in [1.82, 2.24) is 24.7 Å². The van der Waals surface area contributed by atoms with E-state index in [-0.39, 0.29) is 18.0 Å².